The van der Waals surface area contributed by atoms with Gasteiger partial charge in [0.2, 0.25) is 5.91 Å². The zero-order chi connectivity index (χ0) is 16.6. The number of carbonyl (C=O) groups is 1. The quantitative estimate of drug-likeness (QED) is 0.786. The molecule has 1 aromatic carbocycles. The van der Waals surface area contributed by atoms with Crippen LogP contribution >= 0.6 is 11.3 Å². The maximum absolute atomic E-state index is 12.0. The summed E-state index contributed by atoms with van der Waals surface area (Å²) in [5, 5.41) is 5.13. The molecule has 1 saturated heterocycles. The normalized spacial score (nSPS) is 18.4. The third kappa shape index (κ3) is 5.46. The molecule has 4 heteroatoms. The Hall–Kier alpha value is -1.65. The molecule has 1 N–H and O–H groups in total. The largest absolute Gasteiger partial charge is 0.326 e. The van der Waals surface area contributed by atoms with Crippen LogP contribution in [0.1, 0.15) is 37.0 Å². The monoisotopic (exact) mass is 342 g/mol. The average molecular weight is 343 g/mol. The van der Waals surface area contributed by atoms with Crippen molar-refractivity contribution in [2.24, 2.45) is 5.92 Å². The van der Waals surface area contributed by atoms with Gasteiger partial charge in [0, 0.05) is 30.1 Å². The molecule has 1 aliphatic heterocycles. The maximum Gasteiger partial charge on any atom is 0.224 e. The van der Waals surface area contributed by atoms with Crippen LogP contribution in [0.2, 0.25) is 0 Å². The third-order valence-corrected chi connectivity index (χ3v) is 5.50. The number of rotatable bonds is 7. The number of benzene rings is 1. The first-order valence-electron chi connectivity index (χ1n) is 8.89. The zero-order valence-corrected chi connectivity index (χ0v) is 14.9. The number of anilines is 1. The molecule has 0 aliphatic carbocycles. The molecule has 3 nitrogen and oxygen atoms in total. The summed E-state index contributed by atoms with van der Waals surface area (Å²) in [6, 6.07) is 14.1. The molecular weight excluding hydrogens is 316 g/mol. The van der Waals surface area contributed by atoms with Crippen LogP contribution in [0.5, 0.6) is 0 Å². The number of hydrogen-bond donors (Lipinski definition) is 1. The Labute approximate surface area is 148 Å². The molecule has 1 amide bonds. The van der Waals surface area contributed by atoms with Crippen molar-refractivity contribution in [3.63, 3.8) is 0 Å². The fourth-order valence-corrected chi connectivity index (χ4v) is 4.20. The first kappa shape index (κ1) is 17.2. The highest BCUT2D eigenvalue weighted by Gasteiger charge is 2.20. The lowest BCUT2D eigenvalue weighted by Crippen LogP contribution is -2.34. The van der Waals surface area contributed by atoms with E-state index >= 15 is 0 Å². The van der Waals surface area contributed by atoms with Gasteiger partial charge in [0.1, 0.15) is 0 Å². The van der Waals surface area contributed by atoms with Gasteiger partial charge in [-0.05, 0) is 61.7 Å². The zero-order valence-electron chi connectivity index (χ0n) is 14.1. The van der Waals surface area contributed by atoms with Crippen molar-refractivity contribution in [3.05, 3.63) is 52.7 Å². The summed E-state index contributed by atoms with van der Waals surface area (Å²) < 4.78 is 0. The second-order valence-electron chi connectivity index (χ2n) is 6.63. The van der Waals surface area contributed by atoms with E-state index in [4.69, 9.17) is 0 Å². The van der Waals surface area contributed by atoms with Crippen LogP contribution in [0, 0.1) is 5.92 Å². The molecule has 0 saturated carbocycles. The van der Waals surface area contributed by atoms with Crippen molar-refractivity contribution >= 4 is 22.9 Å². The standard InChI is InChI=1S/C20H26N2OS/c23-20(21-18-9-2-1-3-10-18)12-4-7-17-8-5-13-22(15-17)16-19-11-6-14-24-19/h1-3,6,9-11,14,17H,4-5,7-8,12-13,15-16H2,(H,21,23). The number of thiophene rings is 1. The first-order chi connectivity index (χ1) is 11.8. The Morgan fingerprint density at radius 2 is 2.08 bits per heavy atom. The second-order valence-corrected chi connectivity index (χ2v) is 7.66. The van der Waals surface area contributed by atoms with Crippen molar-refractivity contribution in [2.45, 2.75) is 38.6 Å². The highest BCUT2D eigenvalue weighted by molar-refractivity contribution is 7.09. The van der Waals surface area contributed by atoms with E-state index in [-0.39, 0.29) is 5.91 Å². The Balaban J connectivity index is 1.36. The van der Waals surface area contributed by atoms with Crippen LogP contribution in [0.4, 0.5) is 5.69 Å². The highest BCUT2D eigenvalue weighted by atomic mass is 32.1. The number of para-hydroxylation sites is 1. The van der Waals surface area contributed by atoms with Gasteiger partial charge in [-0.1, -0.05) is 24.3 Å². The molecule has 1 aromatic heterocycles. The minimum absolute atomic E-state index is 0.132. The SMILES string of the molecule is O=C(CCCC1CCCN(Cc2cccs2)C1)Nc1ccccc1. The summed E-state index contributed by atoms with van der Waals surface area (Å²) in [5.41, 5.74) is 0.891. The van der Waals surface area contributed by atoms with Crippen LogP contribution in [-0.2, 0) is 11.3 Å². The molecular formula is C20H26N2OS. The van der Waals surface area contributed by atoms with Gasteiger partial charge in [-0.15, -0.1) is 11.3 Å². The van der Waals surface area contributed by atoms with Gasteiger partial charge in [0.15, 0.2) is 0 Å². The van der Waals surface area contributed by atoms with E-state index in [1.165, 1.54) is 30.8 Å². The predicted molar refractivity (Wildman–Crippen MR) is 101 cm³/mol. The van der Waals surface area contributed by atoms with E-state index < -0.39 is 0 Å². The van der Waals surface area contributed by atoms with Crippen molar-refractivity contribution < 1.29 is 4.79 Å². The van der Waals surface area contributed by atoms with Gasteiger partial charge in [0.05, 0.1) is 0 Å². The van der Waals surface area contributed by atoms with E-state index in [1.54, 1.807) is 0 Å². The topological polar surface area (TPSA) is 32.3 Å². The molecule has 1 fully saturated rings. The summed E-state index contributed by atoms with van der Waals surface area (Å²) in [6.45, 7) is 3.48. The number of piperidine rings is 1. The molecule has 0 spiro atoms. The predicted octanol–water partition coefficient (Wildman–Crippen LogP) is 4.77. The highest BCUT2D eigenvalue weighted by Crippen LogP contribution is 2.24. The van der Waals surface area contributed by atoms with Crippen LogP contribution in [0.25, 0.3) is 0 Å². The number of hydrogen-bond acceptors (Lipinski definition) is 3. The van der Waals surface area contributed by atoms with Gasteiger partial charge in [0.25, 0.3) is 0 Å². The number of nitrogens with zero attached hydrogens (tertiary/aromatic N) is 1. The lowest BCUT2D eigenvalue weighted by atomic mass is 9.92. The Kier molecular flexibility index (Phi) is 6.44. The van der Waals surface area contributed by atoms with E-state index in [1.807, 2.05) is 41.7 Å². The second kappa shape index (κ2) is 9.00. The summed E-state index contributed by atoms with van der Waals surface area (Å²) in [5.74, 6) is 0.871. The summed E-state index contributed by atoms with van der Waals surface area (Å²) in [6.07, 6.45) is 5.35. The molecule has 24 heavy (non-hydrogen) atoms. The molecule has 1 unspecified atom stereocenters. The number of likely N-dealkylation sites (tertiary alicyclic amines) is 1. The van der Waals surface area contributed by atoms with Gasteiger partial charge >= 0.3 is 0 Å². The summed E-state index contributed by atoms with van der Waals surface area (Å²) in [7, 11) is 0. The maximum atomic E-state index is 12.0. The van der Waals surface area contributed by atoms with Crippen molar-refractivity contribution in [2.75, 3.05) is 18.4 Å². The lowest BCUT2D eigenvalue weighted by Gasteiger charge is -2.32. The van der Waals surface area contributed by atoms with Gasteiger partial charge in [-0.3, -0.25) is 9.69 Å². The Bertz CT molecular complexity index is 612. The molecule has 0 bridgehead atoms. The van der Waals surface area contributed by atoms with E-state index in [9.17, 15) is 4.79 Å². The Morgan fingerprint density at radius 3 is 2.88 bits per heavy atom. The molecule has 1 aliphatic rings. The van der Waals surface area contributed by atoms with Crippen molar-refractivity contribution in [3.8, 4) is 0 Å². The fraction of sp³-hybridized carbons (Fsp3) is 0.450. The first-order valence-corrected chi connectivity index (χ1v) is 9.77. The van der Waals surface area contributed by atoms with Crippen LogP contribution < -0.4 is 5.32 Å². The lowest BCUT2D eigenvalue weighted by molar-refractivity contribution is -0.116. The van der Waals surface area contributed by atoms with Crippen molar-refractivity contribution in [1.29, 1.82) is 0 Å². The average Bonchev–Trinajstić information content (AvgIpc) is 3.09. The van der Waals surface area contributed by atoms with E-state index in [0.29, 0.717) is 6.42 Å². The molecule has 128 valence electrons. The molecule has 2 aromatic rings. The molecule has 2 heterocycles. The van der Waals surface area contributed by atoms with E-state index in [2.05, 4.69) is 27.7 Å². The summed E-state index contributed by atoms with van der Waals surface area (Å²) >= 11 is 1.85. The van der Waals surface area contributed by atoms with Crippen LogP contribution in [0.3, 0.4) is 0 Å². The smallest absolute Gasteiger partial charge is 0.224 e. The Morgan fingerprint density at radius 1 is 1.21 bits per heavy atom. The van der Waals surface area contributed by atoms with Gasteiger partial charge < -0.3 is 5.32 Å². The fourth-order valence-electron chi connectivity index (χ4n) is 3.45. The third-order valence-electron chi connectivity index (χ3n) is 4.64. The molecule has 3 rings (SSSR count). The van der Waals surface area contributed by atoms with Crippen LogP contribution in [0.15, 0.2) is 47.8 Å². The van der Waals surface area contributed by atoms with Crippen molar-refractivity contribution in [1.82, 2.24) is 4.90 Å². The number of carbonyl (C=O) groups excluding carboxylic acids is 1. The summed E-state index contributed by atoms with van der Waals surface area (Å²) in [4.78, 5) is 16.0. The number of amides is 1. The van der Waals surface area contributed by atoms with Crippen LogP contribution in [-0.4, -0.2) is 23.9 Å². The minimum atomic E-state index is 0.132. The van der Waals surface area contributed by atoms with Gasteiger partial charge in [-0.2, -0.15) is 0 Å². The minimum Gasteiger partial charge on any atom is -0.326 e. The van der Waals surface area contributed by atoms with Gasteiger partial charge in [-0.25, -0.2) is 0 Å². The van der Waals surface area contributed by atoms with E-state index in [0.717, 1.165) is 31.0 Å². The number of nitrogens with one attached hydrogen (secondary N) is 1. The molecule has 0 radical (unpaired) electrons. The molecule has 1 atom stereocenters.